The van der Waals surface area contributed by atoms with Crippen LogP contribution in [0.25, 0.3) is 22.2 Å². The van der Waals surface area contributed by atoms with Crippen LogP contribution in [0, 0.1) is 0 Å². The first kappa shape index (κ1) is 13.9. The quantitative estimate of drug-likeness (QED) is 0.713. The molecule has 0 bridgehead atoms. The molecule has 2 heterocycles. The van der Waals surface area contributed by atoms with Gasteiger partial charge in [-0.2, -0.15) is 4.98 Å². The Morgan fingerprint density at radius 2 is 1.85 bits per heavy atom. The first-order valence-electron chi connectivity index (χ1n) is 6.57. The summed E-state index contributed by atoms with van der Waals surface area (Å²) in [6.07, 6.45) is 1.89. The summed E-state index contributed by atoms with van der Waals surface area (Å²) < 4.78 is 1.81. The molecule has 1 aromatic carbocycles. The summed E-state index contributed by atoms with van der Waals surface area (Å²) in [5, 5.41) is 0.568. The third-order valence-electron chi connectivity index (χ3n) is 2.93. The number of nitrogens with two attached hydrogens (primary N) is 1. The lowest BCUT2D eigenvalue weighted by molar-refractivity contribution is 0.945. The fraction of sp³-hybridized carbons (Fsp3) is 0.200. The first-order valence-corrected chi connectivity index (χ1v) is 6.57. The number of anilines is 1. The summed E-state index contributed by atoms with van der Waals surface area (Å²) in [7, 11) is 1.85. The van der Waals surface area contributed by atoms with Crippen LogP contribution in [0.4, 0.5) is 5.95 Å². The molecule has 0 aliphatic rings. The summed E-state index contributed by atoms with van der Waals surface area (Å²) in [5.74, 6) is 0.133. The van der Waals surface area contributed by atoms with Gasteiger partial charge in [0.25, 0.3) is 5.56 Å². The minimum atomic E-state index is -0.211. The molecule has 0 fully saturated rings. The van der Waals surface area contributed by atoms with E-state index in [9.17, 15) is 4.79 Å². The number of H-pyrrole nitrogens is 1. The number of benzene rings is 1. The van der Waals surface area contributed by atoms with E-state index in [-0.39, 0.29) is 11.5 Å². The van der Waals surface area contributed by atoms with Crippen molar-refractivity contribution in [1.82, 2.24) is 14.5 Å². The Morgan fingerprint density at radius 1 is 1.20 bits per heavy atom. The van der Waals surface area contributed by atoms with Crippen molar-refractivity contribution in [2.24, 2.45) is 7.05 Å². The highest BCUT2D eigenvalue weighted by atomic mass is 16.1. The van der Waals surface area contributed by atoms with Gasteiger partial charge in [-0.05, 0) is 5.56 Å². The number of aryl methyl sites for hydroxylation is 1. The van der Waals surface area contributed by atoms with Crippen LogP contribution < -0.4 is 11.3 Å². The zero-order valence-electron chi connectivity index (χ0n) is 11.8. The van der Waals surface area contributed by atoms with E-state index < -0.39 is 0 Å². The van der Waals surface area contributed by atoms with E-state index in [2.05, 4.69) is 9.97 Å². The molecular formula is C15H18N4O. The standard InChI is InChI=1S/C13H12N4O.C2H6/c1-17-7-9(8-5-3-2-4-6-8)10-11(17)15-13(14)16-12(10)18;1-2/h2-7H,1H3,(H3,14,15,16,18);1-2H3. The fourth-order valence-electron chi connectivity index (χ4n) is 2.13. The molecule has 0 unspecified atom stereocenters. The minimum absolute atomic E-state index is 0.133. The SMILES string of the molecule is CC.Cn1cc(-c2ccccc2)c2c(=O)[nH]c(N)nc21. The number of aromatic nitrogens is 3. The molecule has 5 nitrogen and oxygen atoms in total. The molecule has 0 atom stereocenters. The topological polar surface area (TPSA) is 76.7 Å². The number of aromatic amines is 1. The second-order valence-corrected chi connectivity index (χ2v) is 4.17. The van der Waals surface area contributed by atoms with Crippen LogP contribution in [0.3, 0.4) is 0 Å². The van der Waals surface area contributed by atoms with Gasteiger partial charge in [0.15, 0.2) is 0 Å². The maximum absolute atomic E-state index is 12.0. The number of fused-ring (bicyclic) bond motifs is 1. The van der Waals surface area contributed by atoms with Gasteiger partial charge in [0.05, 0.1) is 5.39 Å². The Morgan fingerprint density at radius 3 is 2.50 bits per heavy atom. The molecule has 0 aliphatic carbocycles. The number of nitrogens with zero attached hydrogens (tertiary/aromatic N) is 2. The first-order chi connectivity index (χ1) is 9.66. The van der Waals surface area contributed by atoms with Crippen molar-refractivity contribution >= 4 is 17.0 Å². The normalized spacial score (nSPS) is 10.2. The Kier molecular flexibility index (Phi) is 3.89. The van der Waals surface area contributed by atoms with Crippen LogP contribution in [0.5, 0.6) is 0 Å². The molecule has 0 saturated heterocycles. The van der Waals surface area contributed by atoms with E-state index in [1.807, 2.05) is 62.0 Å². The number of nitrogen functional groups attached to an aromatic ring is 1. The van der Waals surface area contributed by atoms with E-state index in [1.165, 1.54) is 0 Å². The summed E-state index contributed by atoms with van der Waals surface area (Å²) in [5.41, 5.74) is 7.79. The number of nitrogens with one attached hydrogen (secondary N) is 1. The van der Waals surface area contributed by atoms with Crippen molar-refractivity contribution in [1.29, 1.82) is 0 Å². The van der Waals surface area contributed by atoms with E-state index in [0.717, 1.165) is 11.1 Å². The van der Waals surface area contributed by atoms with Gasteiger partial charge in [0.2, 0.25) is 5.95 Å². The largest absolute Gasteiger partial charge is 0.369 e. The molecule has 5 heteroatoms. The van der Waals surface area contributed by atoms with Gasteiger partial charge in [-0.3, -0.25) is 9.78 Å². The molecule has 0 spiro atoms. The molecular weight excluding hydrogens is 252 g/mol. The third-order valence-corrected chi connectivity index (χ3v) is 2.93. The second-order valence-electron chi connectivity index (χ2n) is 4.17. The van der Waals surface area contributed by atoms with Crippen molar-refractivity contribution in [3.63, 3.8) is 0 Å². The highest BCUT2D eigenvalue weighted by Crippen LogP contribution is 2.26. The lowest BCUT2D eigenvalue weighted by Crippen LogP contribution is -2.11. The molecule has 104 valence electrons. The highest BCUT2D eigenvalue weighted by Gasteiger charge is 2.13. The molecule has 2 aromatic heterocycles. The minimum Gasteiger partial charge on any atom is -0.369 e. The number of rotatable bonds is 1. The molecule has 0 radical (unpaired) electrons. The molecule has 3 rings (SSSR count). The van der Waals surface area contributed by atoms with Crippen molar-refractivity contribution in [2.75, 3.05) is 5.73 Å². The predicted molar refractivity (Wildman–Crippen MR) is 82.5 cm³/mol. The van der Waals surface area contributed by atoms with Crippen molar-refractivity contribution < 1.29 is 0 Å². The summed E-state index contributed by atoms with van der Waals surface area (Å²) in [4.78, 5) is 18.7. The van der Waals surface area contributed by atoms with Gasteiger partial charge in [-0.25, -0.2) is 0 Å². The molecule has 3 N–H and O–H groups in total. The second kappa shape index (κ2) is 5.61. The maximum atomic E-state index is 12.0. The van der Waals surface area contributed by atoms with Gasteiger partial charge < -0.3 is 10.3 Å². The third kappa shape index (κ3) is 2.30. The van der Waals surface area contributed by atoms with Crippen LogP contribution >= 0.6 is 0 Å². The monoisotopic (exact) mass is 270 g/mol. The fourth-order valence-corrected chi connectivity index (χ4v) is 2.13. The van der Waals surface area contributed by atoms with Gasteiger partial charge in [-0.15, -0.1) is 0 Å². The zero-order valence-corrected chi connectivity index (χ0v) is 11.8. The van der Waals surface area contributed by atoms with Gasteiger partial charge in [0.1, 0.15) is 5.65 Å². The molecule has 3 aromatic rings. The number of hydrogen-bond donors (Lipinski definition) is 2. The lowest BCUT2D eigenvalue weighted by Gasteiger charge is -1.98. The van der Waals surface area contributed by atoms with Gasteiger partial charge in [-0.1, -0.05) is 44.2 Å². The summed E-state index contributed by atoms with van der Waals surface area (Å²) >= 11 is 0. The average molecular weight is 270 g/mol. The Hall–Kier alpha value is -2.56. The predicted octanol–water partition coefficient (Wildman–Crippen LogP) is 2.54. The van der Waals surface area contributed by atoms with Crippen molar-refractivity contribution in [3.05, 3.63) is 46.9 Å². The summed E-state index contributed by atoms with van der Waals surface area (Å²) in [6.45, 7) is 4.00. The van der Waals surface area contributed by atoms with E-state index in [1.54, 1.807) is 0 Å². The van der Waals surface area contributed by atoms with E-state index in [4.69, 9.17) is 5.73 Å². The molecule has 20 heavy (non-hydrogen) atoms. The summed E-state index contributed by atoms with van der Waals surface area (Å²) in [6, 6.07) is 9.74. The Balaban J connectivity index is 0.000000704. The van der Waals surface area contributed by atoms with Crippen molar-refractivity contribution in [3.8, 4) is 11.1 Å². The van der Waals surface area contributed by atoms with Crippen molar-refractivity contribution in [2.45, 2.75) is 13.8 Å². The Bertz CT molecular complexity index is 772. The van der Waals surface area contributed by atoms with Crippen LogP contribution in [-0.4, -0.2) is 14.5 Å². The molecule has 0 saturated carbocycles. The maximum Gasteiger partial charge on any atom is 0.262 e. The van der Waals surface area contributed by atoms with E-state index >= 15 is 0 Å². The molecule has 0 amide bonds. The van der Waals surface area contributed by atoms with E-state index in [0.29, 0.717) is 11.0 Å². The smallest absolute Gasteiger partial charge is 0.262 e. The van der Waals surface area contributed by atoms with Crippen LogP contribution in [0.2, 0.25) is 0 Å². The van der Waals surface area contributed by atoms with Crippen LogP contribution in [0.15, 0.2) is 41.3 Å². The van der Waals surface area contributed by atoms with Crippen LogP contribution in [-0.2, 0) is 7.05 Å². The average Bonchev–Trinajstić information content (AvgIpc) is 2.80. The number of hydrogen-bond acceptors (Lipinski definition) is 3. The highest BCUT2D eigenvalue weighted by molar-refractivity contribution is 5.93. The van der Waals surface area contributed by atoms with Crippen LogP contribution in [0.1, 0.15) is 13.8 Å². The van der Waals surface area contributed by atoms with Gasteiger partial charge >= 0.3 is 0 Å². The van der Waals surface area contributed by atoms with Gasteiger partial charge in [0, 0.05) is 18.8 Å². The lowest BCUT2D eigenvalue weighted by atomic mass is 10.1. The zero-order chi connectivity index (χ0) is 14.7. The Labute approximate surface area is 117 Å². The molecule has 0 aliphatic heterocycles.